The van der Waals surface area contributed by atoms with Gasteiger partial charge in [0.1, 0.15) is 0 Å². The zero-order chi connectivity index (χ0) is 22.2. The molecule has 1 amide bonds. The molecule has 160 valence electrons. The van der Waals surface area contributed by atoms with Crippen molar-refractivity contribution in [2.75, 3.05) is 0 Å². The monoisotopic (exact) mass is 426 g/mol. The summed E-state index contributed by atoms with van der Waals surface area (Å²) in [5, 5.41) is 8.20. The first kappa shape index (κ1) is 20.7. The molecular weight excluding hydrogens is 405 g/mol. The predicted molar refractivity (Wildman–Crippen MR) is 112 cm³/mol. The molecule has 4 aromatic rings. The van der Waals surface area contributed by atoms with E-state index in [-0.39, 0.29) is 18.4 Å². The minimum Gasteiger partial charge on any atom is -0.361 e. The number of alkyl halides is 3. The first-order valence-electron chi connectivity index (χ1n) is 9.80. The van der Waals surface area contributed by atoms with Crippen molar-refractivity contribution < 1.29 is 18.0 Å². The van der Waals surface area contributed by atoms with Crippen LogP contribution in [0, 0.1) is 6.92 Å². The van der Waals surface area contributed by atoms with E-state index < -0.39 is 11.7 Å². The van der Waals surface area contributed by atoms with Crippen molar-refractivity contribution in [2.45, 2.75) is 32.5 Å². The number of para-hydroxylation sites is 1. The van der Waals surface area contributed by atoms with Crippen molar-refractivity contribution in [3.63, 3.8) is 0 Å². The summed E-state index contributed by atoms with van der Waals surface area (Å²) in [6.45, 7) is 3.60. The van der Waals surface area contributed by atoms with Crippen LogP contribution < -0.4 is 5.32 Å². The Morgan fingerprint density at radius 1 is 1.19 bits per heavy atom. The second-order valence-corrected chi connectivity index (χ2v) is 7.47. The van der Waals surface area contributed by atoms with Crippen LogP contribution in [0.25, 0.3) is 16.6 Å². The molecule has 0 fully saturated rings. The summed E-state index contributed by atoms with van der Waals surface area (Å²) in [5.74, 6) is -0.150. The number of carbonyl (C=O) groups is 1. The molecule has 0 aliphatic heterocycles. The molecule has 0 spiro atoms. The van der Waals surface area contributed by atoms with Gasteiger partial charge in [-0.05, 0) is 43.7 Å². The lowest BCUT2D eigenvalue weighted by Crippen LogP contribution is -2.28. The molecule has 2 heterocycles. The van der Waals surface area contributed by atoms with Gasteiger partial charge in [-0.25, -0.2) is 4.68 Å². The average Bonchev–Trinajstić information content (AvgIpc) is 3.31. The average molecular weight is 426 g/mol. The summed E-state index contributed by atoms with van der Waals surface area (Å²) in [4.78, 5) is 15.8. The number of amides is 1. The fourth-order valence-corrected chi connectivity index (χ4v) is 3.74. The Bertz CT molecular complexity index is 1240. The molecule has 0 saturated heterocycles. The van der Waals surface area contributed by atoms with E-state index in [1.165, 1.54) is 10.7 Å². The molecule has 0 aliphatic rings. The minimum atomic E-state index is -4.43. The maximum atomic E-state index is 13.0. The molecule has 0 saturated carbocycles. The lowest BCUT2D eigenvalue weighted by Gasteiger charge is -2.15. The summed E-state index contributed by atoms with van der Waals surface area (Å²) >= 11 is 0. The van der Waals surface area contributed by atoms with Crippen molar-refractivity contribution in [2.24, 2.45) is 0 Å². The predicted octanol–water partition coefficient (Wildman–Crippen LogP) is 5.10. The molecule has 0 bridgehead atoms. The maximum Gasteiger partial charge on any atom is 0.416 e. The smallest absolute Gasteiger partial charge is 0.361 e. The summed E-state index contributed by atoms with van der Waals surface area (Å²) in [7, 11) is 0. The van der Waals surface area contributed by atoms with E-state index in [1.54, 1.807) is 19.2 Å². The number of aromatic amines is 1. The lowest BCUT2D eigenvalue weighted by atomic mass is 10.1. The van der Waals surface area contributed by atoms with Crippen LogP contribution in [0.3, 0.4) is 0 Å². The van der Waals surface area contributed by atoms with Crippen LogP contribution in [0.2, 0.25) is 0 Å². The fraction of sp³-hybridized carbons (Fsp3) is 0.217. The standard InChI is InChI=1S/C23H21F3N4O/c1-14(29-22(31)10-16-12-27-21-9-4-3-8-19(16)21)20-13-28-30(15(20)2)18-7-5-6-17(11-18)23(24,25)26/h3-9,11-14,27H,10H2,1-2H3,(H,29,31)/t14-/m0/s1. The Morgan fingerprint density at radius 3 is 2.74 bits per heavy atom. The molecule has 2 aromatic carbocycles. The Kier molecular flexibility index (Phi) is 5.31. The molecule has 2 aromatic heterocycles. The van der Waals surface area contributed by atoms with E-state index in [0.717, 1.165) is 34.2 Å². The number of halogens is 3. The number of rotatable bonds is 5. The molecular formula is C23H21F3N4O. The van der Waals surface area contributed by atoms with Crippen LogP contribution in [-0.4, -0.2) is 20.7 Å². The van der Waals surface area contributed by atoms with Gasteiger partial charge >= 0.3 is 6.18 Å². The van der Waals surface area contributed by atoms with Gasteiger partial charge in [-0.2, -0.15) is 18.3 Å². The van der Waals surface area contributed by atoms with Crippen LogP contribution in [0.5, 0.6) is 0 Å². The third kappa shape index (κ3) is 4.19. The summed E-state index contributed by atoms with van der Waals surface area (Å²) in [5.41, 5.74) is 2.86. The highest BCUT2D eigenvalue weighted by atomic mass is 19.4. The van der Waals surface area contributed by atoms with Crippen LogP contribution in [0.4, 0.5) is 13.2 Å². The molecule has 8 heteroatoms. The number of H-pyrrole nitrogens is 1. The Labute approximate surface area is 176 Å². The molecule has 0 radical (unpaired) electrons. The van der Waals surface area contributed by atoms with E-state index in [0.29, 0.717) is 11.4 Å². The minimum absolute atomic E-state index is 0.150. The van der Waals surface area contributed by atoms with Crippen molar-refractivity contribution in [3.05, 3.63) is 83.3 Å². The van der Waals surface area contributed by atoms with E-state index in [1.807, 2.05) is 37.4 Å². The third-order valence-corrected chi connectivity index (χ3v) is 5.34. The Balaban J connectivity index is 1.50. The molecule has 0 aliphatic carbocycles. The first-order chi connectivity index (χ1) is 14.7. The first-order valence-corrected chi connectivity index (χ1v) is 9.80. The van der Waals surface area contributed by atoms with E-state index in [4.69, 9.17) is 0 Å². The molecule has 5 nitrogen and oxygen atoms in total. The molecule has 0 unspecified atom stereocenters. The zero-order valence-corrected chi connectivity index (χ0v) is 17.0. The van der Waals surface area contributed by atoms with Gasteiger partial charge in [0.05, 0.1) is 29.9 Å². The molecule has 31 heavy (non-hydrogen) atoms. The van der Waals surface area contributed by atoms with Crippen molar-refractivity contribution in [3.8, 4) is 5.69 Å². The number of nitrogens with zero attached hydrogens (tertiary/aromatic N) is 2. The number of fused-ring (bicyclic) bond motifs is 1. The van der Waals surface area contributed by atoms with Gasteiger partial charge in [0.15, 0.2) is 0 Å². The molecule has 1 atom stereocenters. The highest BCUT2D eigenvalue weighted by Crippen LogP contribution is 2.31. The summed E-state index contributed by atoms with van der Waals surface area (Å²) < 4.78 is 40.6. The van der Waals surface area contributed by atoms with Crippen molar-refractivity contribution in [1.29, 1.82) is 0 Å². The number of benzene rings is 2. The Hall–Kier alpha value is -3.55. The van der Waals surface area contributed by atoms with Crippen molar-refractivity contribution >= 4 is 16.8 Å². The van der Waals surface area contributed by atoms with Gasteiger partial charge in [-0.15, -0.1) is 0 Å². The summed E-state index contributed by atoms with van der Waals surface area (Å²) in [6.07, 6.45) is -0.809. The van der Waals surface area contributed by atoms with Gasteiger partial charge < -0.3 is 10.3 Å². The second-order valence-electron chi connectivity index (χ2n) is 7.47. The maximum absolute atomic E-state index is 13.0. The largest absolute Gasteiger partial charge is 0.416 e. The van der Waals surface area contributed by atoms with Gasteiger partial charge in [0, 0.05) is 28.4 Å². The zero-order valence-electron chi connectivity index (χ0n) is 17.0. The lowest BCUT2D eigenvalue weighted by molar-refractivity contribution is -0.137. The topological polar surface area (TPSA) is 62.7 Å². The van der Waals surface area contributed by atoms with Gasteiger partial charge in [0.25, 0.3) is 0 Å². The number of carbonyl (C=O) groups excluding carboxylic acids is 1. The third-order valence-electron chi connectivity index (χ3n) is 5.34. The SMILES string of the molecule is Cc1c([C@H](C)NC(=O)Cc2c[nH]c3ccccc23)cnn1-c1cccc(C(F)(F)F)c1. The number of nitrogens with one attached hydrogen (secondary N) is 2. The fourth-order valence-electron chi connectivity index (χ4n) is 3.74. The van der Waals surface area contributed by atoms with Gasteiger partial charge in [-0.3, -0.25) is 4.79 Å². The van der Waals surface area contributed by atoms with Crippen LogP contribution in [0.15, 0.2) is 60.9 Å². The second kappa shape index (κ2) is 7.94. The van der Waals surface area contributed by atoms with Crippen LogP contribution in [0.1, 0.15) is 35.3 Å². The van der Waals surface area contributed by atoms with E-state index in [9.17, 15) is 18.0 Å². The Morgan fingerprint density at radius 2 is 1.97 bits per heavy atom. The highest BCUT2D eigenvalue weighted by Gasteiger charge is 2.30. The normalized spacial score (nSPS) is 12.8. The number of hydrogen-bond donors (Lipinski definition) is 2. The van der Waals surface area contributed by atoms with E-state index >= 15 is 0 Å². The van der Waals surface area contributed by atoms with Gasteiger partial charge in [-0.1, -0.05) is 24.3 Å². The van der Waals surface area contributed by atoms with Crippen molar-refractivity contribution in [1.82, 2.24) is 20.1 Å². The van der Waals surface area contributed by atoms with Gasteiger partial charge in [0.2, 0.25) is 5.91 Å². The summed E-state index contributed by atoms with van der Waals surface area (Å²) in [6, 6.07) is 12.4. The molecule has 2 N–H and O–H groups in total. The molecule has 4 rings (SSSR count). The number of aromatic nitrogens is 3. The highest BCUT2D eigenvalue weighted by molar-refractivity contribution is 5.89. The quantitative estimate of drug-likeness (QED) is 0.466. The van der Waals surface area contributed by atoms with Crippen LogP contribution in [-0.2, 0) is 17.4 Å². The van der Waals surface area contributed by atoms with E-state index in [2.05, 4.69) is 15.4 Å². The number of hydrogen-bond acceptors (Lipinski definition) is 2. The van der Waals surface area contributed by atoms with Crippen LogP contribution >= 0.6 is 0 Å².